The zero-order valence-electron chi connectivity index (χ0n) is 10.6. The van der Waals surface area contributed by atoms with Gasteiger partial charge < -0.3 is 5.11 Å². The van der Waals surface area contributed by atoms with Crippen molar-refractivity contribution in [3.8, 4) is 0 Å². The zero-order chi connectivity index (χ0) is 13.4. The summed E-state index contributed by atoms with van der Waals surface area (Å²) < 4.78 is 25.5. The van der Waals surface area contributed by atoms with Crippen molar-refractivity contribution in [2.24, 2.45) is 0 Å². The van der Waals surface area contributed by atoms with Gasteiger partial charge in [-0.3, -0.25) is 4.98 Å². The summed E-state index contributed by atoms with van der Waals surface area (Å²) in [4.78, 5) is 4.11. The van der Waals surface area contributed by atoms with Gasteiger partial charge in [0.1, 0.15) is 0 Å². The lowest BCUT2D eigenvalue weighted by Gasteiger charge is -2.19. The maximum atomic E-state index is 12.1. The largest absolute Gasteiger partial charge is 0.396 e. The highest BCUT2D eigenvalue weighted by molar-refractivity contribution is 7.89. The first-order valence-corrected chi connectivity index (χ1v) is 7.69. The van der Waals surface area contributed by atoms with E-state index in [1.54, 1.807) is 19.2 Å². The number of aromatic nitrogens is 1. The highest BCUT2D eigenvalue weighted by Gasteiger charge is 2.19. The topological polar surface area (TPSA) is 70.5 Å². The highest BCUT2D eigenvalue weighted by atomic mass is 32.2. The van der Waals surface area contributed by atoms with Crippen LogP contribution in [0, 0.1) is 0 Å². The number of pyridine rings is 1. The standard InChI is InChI=1S/C12H20N2O3S/c1-2-14(9-5-10-15)18(16,17)11-7-12-6-3-4-8-13-12/h3-4,6,8,15H,2,5,7,9-11H2,1H3. The molecule has 6 heteroatoms. The fourth-order valence-corrected chi connectivity index (χ4v) is 3.18. The van der Waals surface area contributed by atoms with E-state index >= 15 is 0 Å². The summed E-state index contributed by atoms with van der Waals surface area (Å²) >= 11 is 0. The summed E-state index contributed by atoms with van der Waals surface area (Å²) in [5.41, 5.74) is 0.777. The lowest BCUT2D eigenvalue weighted by molar-refractivity contribution is 0.271. The van der Waals surface area contributed by atoms with Crippen LogP contribution in [0.25, 0.3) is 0 Å². The maximum absolute atomic E-state index is 12.1. The smallest absolute Gasteiger partial charge is 0.214 e. The average Bonchev–Trinajstić information content (AvgIpc) is 2.38. The van der Waals surface area contributed by atoms with Crippen LogP contribution in [0.5, 0.6) is 0 Å². The van der Waals surface area contributed by atoms with Crippen molar-refractivity contribution in [1.29, 1.82) is 0 Å². The van der Waals surface area contributed by atoms with Gasteiger partial charge in [0, 0.05) is 38.0 Å². The van der Waals surface area contributed by atoms with Gasteiger partial charge in [-0.05, 0) is 18.6 Å². The van der Waals surface area contributed by atoms with Gasteiger partial charge in [-0.2, -0.15) is 0 Å². The molecule has 0 aromatic carbocycles. The van der Waals surface area contributed by atoms with Gasteiger partial charge in [0.05, 0.1) is 5.75 Å². The molecule has 0 aliphatic rings. The molecule has 0 atom stereocenters. The van der Waals surface area contributed by atoms with E-state index in [1.807, 2.05) is 12.1 Å². The van der Waals surface area contributed by atoms with Crippen LogP contribution in [-0.4, -0.2) is 48.3 Å². The van der Waals surface area contributed by atoms with Crippen LogP contribution >= 0.6 is 0 Å². The normalized spacial score (nSPS) is 11.9. The number of sulfonamides is 1. The minimum absolute atomic E-state index is 0.00621. The molecule has 1 aromatic heterocycles. The van der Waals surface area contributed by atoms with Crippen molar-refractivity contribution >= 4 is 10.0 Å². The van der Waals surface area contributed by atoms with Crippen molar-refractivity contribution in [1.82, 2.24) is 9.29 Å². The summed E-state index contributed by atoms with van der Waals surface area (Å²) in [6.07, 6.45) is 2.54. The predicted octanol–water partition coefficient (Wildman–Crippen LogP) is 0.658. The Bertz CT molecular complexity index is 434. The molecule has 1 aromatic rings. The Balaban J connectivity index is 2.57. The Labute approximate surface area is 109 Å². The van der Waals surface area contributed by atoms with Crippen molar-refractivity contribution in [2.75, 3.05) is 25.4 Å². The molecule has 0 spiro atoms. The molecule has 0 unspecified atom stereocenters. The van der Waals surface area contributed by atoms with E-state index in [1.165, 1.54) is 4.31 Å². The molecule has 0 aliphatic carbocycles. The second-order valence-corrected chi connectivity index (χ2v) is 6.04. The van der Waals surface area contributed by atoms with Crippen LogP contribution in [0.4, 0.5) is 0 Å². The fourth-order valence-electron chi connectivity index (χ4n) is 1.65. The van der Waals surface area contributed by atoms with Gasteiger partial charge >= 0.3 is 0 Å². The molecule has 0 saturated carbocycles. The predicted molar refractivity (Wildman–Crippen MR) is 70.7 cm³/mol. The molecular formula is C12H20N2O3S. The summed E-state index contributed by atoms with van der Waals surface area (Å²) in [6, 6.07) is 5.47. The average molecular weight is 272 g/mol. The molecule has 1 heterocycles. The molecule has 1 rings (SSSR count). The maximum Gasteiger partial charge on any atom is 0.214 e. The third-order valence-electron chi connectivity index (χ3n) is 2.65. The molecule has 102 valence electrons. The van der Waals surface area contributed by atoms with Crippen LogP contribution in [0.1, 0.15) is 19.0 Å². The van der Waals surface area contributed by atoms with Crippen molar-refractivity contribution in [2.45, 2.75) is 19.8 Å². The lowest BCUT2D eigenvalue weighted by Crippen LogP contribution is -2.34. The van der Waals surface area contributed by atoms with E-state index < -0.39 is 10.0 Å². The number of hydrogen-bond donors (Lipinski definition) is 1. The van der Waals surface area contributed by atoms with Gasteiger partial charge in [-0.15, -0.1) is 0 Å². The van der Waals surface area contributed by atoms with E-state index in [9.17, 15) is 8.42 Å². The van der Waals surface area contributed by atoms with Gasteiger partial charge in [0.25, 0.3) is 0 Å². The molecule has 0 saturated heterocycles. The lowest BCUT2D eigenvalue weighted by atomic mass is 10.3. The van der Waals surface area contributed by atoms with Gasteiger partial charge in [0.2, 0.25) is 10.0 Å². The Kier molecular flexibility index (Phi) is 6.24. The fraction of sp³-hybridized carbons (Fsp3) is 0.583. The van der Waals surface area contributed by atoms with Crippen LogP contribution < -0.4 is 0 Å². The number of rotatable bonds is 8. The highest BCUT2D eigenvalue weighted by Crippen LogP contribution is 2.06. The third-order valence-corrected chi connectivity index (χ3v) is 4.60. The first kappa shape index (κ1) is 15.1. The molecule has 1 N–H and O–H groups in total. The van der Waals surface area contributed by atoms with Gasteiger partial charge in [0.15, 0.2) is 0 Å². The molecule has 18 heavy (non-hydrogen) atoms. The summed E-state index contributed by atoms with van der Waals surface area (Å²) in [5.74, 6) is 0.0588. The molecule has 5 nitrogen and oxygen atoms in total. The van der Waals surface area contributed by atoms with Gasteiger partial charge in [-0.25, -0.2) is 12.7 Å². The summed E-state index contributed by atoms with van der Waals surface area (Å²) in [7, 11) is -3.26. The second kappa shape index (κ2) is 7.45. The Hall–Kier alpha value is -0.980. The quantitative estimate of drug-likeness (QED) is 0.754. The first-order chi connectivity index (χ1) is 8.60. The number of nitrogens with zero attached hydrogens (tertiary/aromatic N) is 2. The van der Waals surface area contributed by atoms with Crippen LogP contribution in [0.3, 0.4) is 0 Å². The van der Waals surface area contributed by atoms with Gasteiger partial charge in [-0.1, -0.05) is 13.0 Å². The van der Waals surface area contributed by atoms with E-state index in [0.29, 0.717) is 25.9 Å². The molecule has 0 aliphatic heterocycles. The monoisotopic (exact) mass is 272 g/mol. The van der Waals surface area contributed by atoms with Crippen molar-refractivity contribution < 1.29 is 13.5 Å². The Morgan fingerprint density at radius 1 is 1.39 bits per heavy atom. The Morgan fingerprint density at radius 3 is 2.72 bits per heavy atom. The first-order valence-electron chi connectivity index (χ1n) is 6.08. The van der Waals surface area contributed by atoms with Crippen molar-refractivity contribution in [3.05, 3.63) is 30.1 Å². The third kappa shape index (κ3) is 4.72. The number of aliphatic hydroxyl groups excluding tert-OH is 1. The van der Waals surface area contributed by atoms with E-state index in [-0.39, 0.29) is 12.4 Å². The molecule has 0 radical (unpaired) electrons. The van der Waals surface area contributed by atoms with E-state index in [0.717, 1.165) is 5.69 Å². The summed E-state index contributed by atoms with van der Waals surface area (Å²) in [6.45, 7) is 2.62. The molecule has 0 amide bonds. The second-order valence-electron chi connectivity index (χ2n) is 3.96. The van der Waals surface area contributed by atoms with E-state index in [4.69, 9.17) is 5.11 Å². The summed E-state index contributed by atoms with van der Waals surface area (Å²) in [5, 5.41) is 8.75. The number of hydrogen-bond acceptors (Lipinski definition) is 4. The Morgan fingerprint density at radius 2 is 2.17 bits per heavy atom. The van der Waals surface area contributed by atoms with E-state index in [2.05, 4.69) is 4.98 Å². The molecular weight excluding hydrogens is 252 g/mol. The van der Waals surface area contributed by atoms with Crippen LogP contribution in [-0.2, 0) is 16.4 Å². The minimum Gasteiger partial charge on any atom is -0.396 e. The number of aryl methyl sites for hydroxylation is 1. The number of aliphatic hydroxyl groups is 1. The molecule has 0 fully saturated rings. The zero-order valence-corrected chi connectivity index (χ0v) is 11.4. The van der Waals surface area contributed by atoms with Crippen LogP contribution in [0.15, 0.2) is 24.4 Å². The van der Waals surface area contributed by atoms with Crippen LogP contribution in [0.2, 0.25) is 0 Å². The minimum atomic E-state index is -3.26. The SMILES string of the molecule is CCN(CCCO)S(=O)(=O)CCc1ccccn1. The van der Waals surface area contributed by atoms with Crippen molar-refractivity contribution in [3.63, 3.8) is 0 Å². The molecule has 0 bridgehead atoms.